The standard InChI is InChI=1S/C14H8O5/c15-7-1-2-8-11(5-7)19-14(16)9-3-4-10-13(12(8)9)18-6-17-10/h1-5,15H,6H2. The second-order valence-electron chi connectivity index (χ2n) is 4.29. The predicted octanol–water partition coefficient (Wildman–Crippen LogP) is 2.38. The van der Waals surface area contributed by atoms with Gasteiger partial charge < -0.3 is 19.0 Å². The Labute approximate surface area is 106 Å². The van der Waals surface area contributed by atoms with Crippen LogP contribution < -0.4 is 15.1 Å². The molecule has 4 rings (SSSR count). The van der Waals surface area contributed by atoms with Gasteiger partial charge in [-0.1, -0.05) is 0 Å². The molecular formula is C14H8O5. The summed E-state index contributed by atoms with van der Waals surface area (Å²) in [6.07, 6.45) is 0. The summed E-state index contributed by atoms with van der Waals surface area (Å²) in [7, 11) is 0. The molecule has 2 heterocycles. The summed E-state index contributed by atoms with van der Waals surface area (Å²) in [5.41, 5.74) is -0.146. The number of hydrogen-bond donors (Lipinski definition) is 1. The van der Waals surface area contributed by atoms with Crippen molar-refractivity contribution in [2.75, 3.05) is 6.79 Å². The van der Waals surface area contributed by atoms with Crippen LogP contribution >= 0.6 is 0 Å². The SMILES string of the molecule is O=c1oc2cc(O)ccc2c2c3c(ccc12)OCO3. The summed E-state index contributed by atoms with van der Waals surface area (Å²) < 4.78 is 16.0. The molecule has 0 saturated carbocycles. The molecule has 0 saturated heterocycles. The van der Waals surface area contributed by atoms with E-state index in [9.17, 15) is 9.90 Å². The molecule has 0 spiro atoms. The molecule has 0 unspecified atom stereocenters. The van der Waals surface area contributed by atoms with Crippen LogP contribution in [-0.2, 0) is 0 Å². The van der Waals surface area contributed by atoms with Gasteiger partial charge in [0, 0.05) is 16.8 Å². The van der Waals surface area contributed by atoms with Gasteiger partial charge in [0.1, 0.15) is 11.3 Å². The molecule has 94 valence electrons. The zero-order chi connectivity index (χ0) is 13.0. The van der Waals surface area contributed by atoms with Gasteiger partial charge in [0.25, 0.3) is 0 Å². The molecule has 0 atom stereocenters. The lowest BCUT2D eigenvalue weighted by Crippen LogP contribution is -2.00. The van der Waals surface area contributed by atoms with E-state index in [-0.39, 0.29) is 12.5 Å². The monoisotopic (exact) mass is 256 g/mol. The van der Waals surface area contributed by atoms with Crippen LogP contribution in [0.5, 0.6) is 17.2 Å². The Hall–Kier alpha value is -2.69. The number of benzene rings is 2. The average Bonchev–Trinajstić information content (AvgIpc) is 2.86. The van der Waals surface area contributed by atoms with Crippen LogP contribution in [-0.4, -0.2) is 11.9 Å². The van der Waals surface area contributed by atoms with Gasteiger partial charge in [-0.25, -0.2) is 4.79 Å². The first-order valence-electron chi connectivity index (χ1n) is 5.72. The van der Waals surface area contributed by atoms with Crippen molar-refractivity contribution >= 4 is 21.7 Å². The largest absolute Gasteiger partial charge is 0.508 e. The zero-order valence-corrected chi connectivity index (χ0v) is 9.67. The van der Waals surface area contributed by atoms with Crippen LogP contribution in [0.3, 0.4) is 0 Å². The van der Waals surface area contributed by atoms with E-state index in [1.807, 2.05) is 0 Å². The normalized spacial score (nSPS) is 13.3. The number of rotatable bonds is 0. The Bertz CT molecular complexity index is 878. The third-order valence-corrected chi connectivity index (χ3v) is 3.20. The number of aromatic hydroxyl groups is 1. The summed E-state index contributed by atoms with van der Waals surface area (Å²) in [4.78, 5) is 12.0. The molecule has 5 nitrogen and oxygen atoms in total. The van der Waals surface area contributed by atoms with Crippen LogP contribution in [0.4, 0.5) is 0 Å². The second kappa shape index (κ2) is 3.41. The minimum absolute atomic E-state index is 0.0414. The molecule has 3 aromatic rings. The Morgan fingerprint density at radius 1 is 1.05 bits per heavy atom. The van der Waals surface area contributed by atoms with E-state index in [1.54, 1.807) is 18.2 Å². The smallest absolute Gasteiger partial charge is 0.344 e. The molecule has 19 heavy (non-hydrogen) atoms. The maximum Gasteiger partial charge on any atom is 0.344 e. The van der Waals surface area contributed by atoms with E-state index in [0.717, 1.165) is 0 Å². The molecule has 0 amide bonds. The van der Waals surface area contributed by atoms with Gasteiger partial charge in [0.2, 0.25) is 6.79 Å². The average molecular weight is 256 g/mol. The summed E-state index contributed by atoms with van der Waals surface area (Å²) in [6, 6.07) is 7.98. The topological polar surface area (TPSA) is 68.9 Å². The van der Waals surface area contributed by atoms with Crippen LogP contribution in [0.15, 0.2) is 39.5 Å². The first-order chi connectivity index (χ1) is 9.24. The molecule has 5 heteroatoms. The van der Waals surface area contributed by atoms with Gasteiger partial charge in [-0.3, -0.25) is 0 Å². The summed E-state index contributed by atoms with van der Waals surface area (Å²) >= 11 is 0. The van der Waals surface area contributed by atoms with Crippen LogP contribution in [0.25, 0.3) is 21.7 Å². The van der Waals surface area contributed by atoms with Crippen molar-refractivity contribution in [3.63, 3.8) is 0 Å². The van der Waals surface area contributed by atoms with Crippen molar-refractivity contribution in [3.8, 4) is 17.2 Å². The fraction of sp³-hybridized carbons (Fsp3) is 0.0714. The lowest BCUT2D eigenvalue weighted by atomic mass is 10.1. The van der Waals surface area contributed by atoms with Crippen LogP contribution in [0.1, 0.15) is 0 Å². The van der Waals surface area contributed by atoms with Crippen molar-refractivity contribution < 1.29 is 19.0 Å². The Kier molecular flexibility index (Phi) is 1.84. The second-order valence-corrected chi connectivity index (χ2v) is 4.29. The van der Waals surface area contributed by atoms with E-state index in [2.05, 4.69) is 0 Å². The highest BCUT2D eigenvalue weighted by Crippen LogP contribution is 2.41. The van der Waals surface area contributed by atoms with E-state index in [1.165, 1.54) is 12.1 Å². The fourth-order valence-electron chi connectivity index (χ4n) is 2.37. The van der Waals surface area contributed by atoms with E-state index in [0.29, 0.717) is 33.2 Å². The van der Waals surface area contributed by atoms with Gasteiger partial charge in [0.05, 0.1) is 5.39 Å². The molecule has 2 aromatic carbocycles. The third-order valence-electron chi connectivity index (χ3n) is 3.20. The Balaban J connectivity index is 2.30. The quantitative estimate of drug-likeness (QED) is 0.494. The van der Waals surface area contributed by atoms with E-state index >= 15 is 0 Å². The summed E-state index contributed by atoms with van der Waals surface area (Å²) in [5, 5.41) is 11.3. The molecule has 0 bridgehead atoms. The maximum atomic E-state index is 12.0. The number of ether oxygens (including phenoxy) is 2. The van der Waals surface area contributed by atoms with E-state index < -0.39 is 5.63 Å². The number of fused-ring (bicyclic) bond motifs is 5. The molecule has 0 fully saturated rings. The highest BCUT2D eigenvalue weighted by Gasteiger charge is 2.21. The van der Waals surface area contributed by atoms with Crippen molar-refractivity contribution in [1.29, 1.82) is 0 Å². The number of phenolic OH excluding ortho intramolecular Hbond substituents is 1. The molecule has 1 aromatic heterocycles. The van der Waals surface area contributed by atoms with Crippen molar-refractivity contribution in [2.24, 2.45) is 0 Å². The molecule has 1 aliphatic rings. The Morgan fingerprint density at radius 2 is 1.89 bits per heavy atom. The van der Waals surface area contributed by atoms with E-state index in [4.69, 9.17) is 13.9 Å². The minimum Gasteiger partial charge on any atom is -0.508 e. The van der Waals surface area contributed by atoms with Gasteiger partial charge in [-0.15, -0.1) is 0 Å². The number of hydrogen-bond acceptors (Lipinski definition) is 5. The Morgan fingerprint density at radius 3 is 2.79 bits per heavy atom. The molecule has 1 N–H and O–H groups in total. The molecule has 0 aliphatic carbocycles. The maximum absolute atomic E-state index is 12.0. The third kappa shape index (κ3) is 1.32. The first kappa shape index (κ1) is 10.3. The molecule has 1 aliphatic heterocycles. The van der Waals surface area contributed by atoms with Crippen molar-refractivity contribution in [2.45, 2.75) is 0 Å². The minimum atomic E-state index is -0.466. The van der Waals surface area contributed by atoms with Crippen LogP contribution in [0.2, 0.25) is 0 Å². The summed E-state index contributed by atoms with van der Waals surface area (Å²) in [5.74, 6) is 1.19. The van der Waals surface area contributed by atoms with Crippen molar-refractivity contribution in [1.82, 2.24) is 0 Å². The van der Waals surface area contributed by atoms with Gasteiger partial charge >= 0.3 is 5.63 Å². The van der Waals surface area contributed by atoms with Crippen LogP contribution in [0, 0.1) is 0 Å². The number of phenols is 1. The summed E-state index contributed by atoms with van der Waals surface area (Å²) in [6.45, 7) is 0.133. The highest BCUT2D eigenvalue weighted by molar-refractivity contribution is 6.09. The first-order valence-corrected chi connectivity index (χ1v) is 5.72. The van der Waals surface area contributed by atoms with Gasteiger partial charge in [0.15, 0.2) is 11.5 Å². The molecular weight excluding hydrogens is 248 g/mol. The van der Waals surface area contributed by atoms with Gasteiger partial charge in [-0.2, -0.15) is 0 Å². The predicted molar refractivity (Wildman–Crippen MR) is 67.8 cm³/mol. The molecule has 0 radical (unpaired) electrons. The van der Waals surface area contributed by atoms with Crippen molar-refractivity contribution in [3.05, 3.63) is 40.8 Å². The fourth-order valence-corrected chi connectivity index (χ4v) is 2.37. The highest BCUT2D eigenvalue weighted by atomic mass is 16.7. The zero-order valence-electron chi connectivity index (χ0n) is 9.67. The lowest BCUT2D eigenvalue weighted by molar-refractivity contribution is 0.175. The lowest BCUT2D eigenvalue weighted by Gasteiger charge is -2.05. The van der Waals surface area contributed by atoms with Gasteiger partial charge in [-0.05, 0) is 24.3 Å².